The monoisotopic (exact) mass is 358 g/mol. The average Bonchev–Trinajstić information content (AvgIpc) is 2.56. The fourth-order valence-electron chi connectivity index (χ4n) is 2.19. The van der Waals surface area contributed by atoms with Gasteiger partial charge in [0.1, 0.15) is 5.82 Å². The lowest BCUT2D eigenvalue weighted by Crippen LogP contribution is -2.30. The lowest BCUT2D eigenvalue weighted by Gasteiger charge is -2.14. The van der Waals surface area contributed by atoms with Crippen molar-refractivity contribution >= 4 is 29.2 Å². The number of rotatable bonds is 6. The highest BCUT2D eigenvalue weighted by molar-refractivity contribution is 5.95. The molecule has 2 aromatic rings. The molecule has 0 aliphatic rings. The molecule has 0 saturated heterocycles. The number of halogens is 1. The molecule has 0 fully saturated rings. The van der Waals surface area contributed by atoms with Crippen LogP contribution in [0, 0.1) is 5.82 Å². The molecular formula is C19H19FN2O4. The predicted molar refractivity (Wildman–Crippen MR) is 95.0 cm³/mol. The highest BCUT2D eigenvalue weighted by Crippen LogP contribution is 2.14. The van der Waals surface area contributed by atoms with Crippen molar-refractivity contribution in [3.8, 4) is 0 Å². The fourth-order valence-corrected chi connectivity index (χ4v) is 2.19. The van der Waals surface area contributed by atoms with Gasteiger partial charge in [0.15, 0.2) is 6.10 Å². The number of esters is 1. The highest BCUT2D eigenvalue weighted by Gasteiger charge is 2.18. The molecule has 0 aliphatic carbocycles. The van der Waals surface area contributed by atoms with Gasteiger partial charge >= 0.3 is 5.97 Å². The molecule has 2 amide bonds. The van der Waals surface area contributed by atoms with E-state index in [4.69, 9.17) is 4.74 Å². The summed E-state index contributed by atoms with van der Waals surface area (Å²) in [7, 11) is 0. The Balaban J connectivity index is 1.86. The Morgan fingerprint density at radius 1 is 1.04 bits per heavy atom. The summed E-state index contributed by atoms with van der Waals surface area (Å²) in [6, 6.07) is 12.1. The average molecular weight is 358 g/mol. The quantitative estimate of drug-likeness (QED) is 0.778. The lowest BCUT2D eigenvalue weighted by atomic mass is 10.1. The van der Waals surface area contributed by atoms with Crippen molar-refractivity contribution in [1.82, 2.24) is 0 Å². The minimum atomic E-state index is -1.01. The van der Waals surface area contributed by atoms with Crippen LogP contribution in [0.25, 0.3) is 0 Å². The lowest BCUT2D eigenvalue weighted by molar-refractivity contribution is -0.152. The first-order chi connectivity index (χ1) is 12.3. The molecule has 6 nitrogen and oxygen atoms in total. The number of benzene rings is 2. The number of nitrogens with one attached hydrogen (secondary N) is 2. The second kappa shape index (κ2) is 8.75. The van der Waals surface area contributed by atoms with Crippen LogP contribution in [0.1, 0.15) is 19.4 Å². The number of carbonyl (C=O) groups excluding carboxylic acids is 3. The van der Waals surface area contributed by atoms with Crippen molar-refractivity contribution < 1.29 is 23.5 Å². The van der Waals surface area contributed by atoms with Gasteiger partial charge in [0.2, 0.25) is 5.91 Å². The van der Waals surface area contributed by atoms with E-state index in [0.717, 1.165) is 0 Å². The maximum Gasteiger partial charge on any atom is 0.311 e. The maximum absolute atomic E-state index is 13.1. The molecule has 7 heteroatoms. The van der Waals surface area contributed by atoms with Gasteiger partial charge in [-0.15, -0.1) is 0 Å². The van der Waals surface area contributed by atoms with Crippen molar-refractivity contribution in [2.24, 2.45) is 0 Å². The zero-order chi connectivity index (χ0) is 19.1. The molecule has 136 valence electrons. The van der Waals surface area contributed by atoms with E-state index < -0.39 is 23.8 Å². The summed E-state index contributed by atoms with van der Waals surface area (Å²) in [4.78, 5) is 34.9. The molecular weight excluding hydrogens is 339 g/mol. The van der Waals surface area contributed by atoms with E-state index in [-0.39, 0.29) is 12.3 Å². The third kappa shape index (κ3) is 6.01. The second-order valence-electron chi connectivity index (χ2n) is 5.69. The van der Waals surface area contributed by atoms with Gasteiger partial charge in [-0.05, 0) is 48.9 Å². The molecule has 0 aliphatic heterocycles. The Labute approximate surface area is 150 Å². The Morgan fingerprint density at radius 3 is 2.23 bits per heavy atom. The molecule has 2 N–H and O–H groups in total. The third-order valence-corrected chi connectivity index (χ3v) is 3.39. The van der Waals surface area contributed by atoms with Crippen molar-refractivity contribution in [3.63, 3.8) is 0 Å². The highest BCUT2D eigenvalue weighted by atomic mass is 19.1. The van der Waals surface area contributed by atoms with E-state index in [1.54, 1.807) is 30.3 Å². The van der Waals surface area contributed by atoms with Gasteiger partial charge < -0.3 is 15.4 Å². The number of amides is 2. The number of anilines is 2. The fraction of sp³-hybridized carbons (Fsp3) is 0.211. The van der Waals surface area contributed by atoms with Crippen LogP contribution in [0.3, 0.4) is 0 Å². The van der Waals surface area contributed by atoms with Crippen LogP contribution in [-0.2, 0) is 25.5 Å². The van der Waals surface area contributed by atoms with Crippen LogP contribution in [-0.4, -0.2) is 23.9 Å². The molecule has 2 aromatic carbocycles. The largest absolute Gasteiger partial charge is 0.452 e. The molecule has 2 rings (SSSR count). The van der Waals surface area contributed by atoms with E-state index >= 15 is 0 Å². The maximum atomic E-state index is 13.1. The van der Waals surface area contributed by atoms with Crippen LogP contribution in [0.4, 0.5) is 15.8 Å². The standard InChI is InChI=1S/C19H19FN2O4/c1-12(26-18(24)11-14-4-3-5-15(20)10-14)19(25)22-17-8-6-16(7-9-17)21-13(2)23/h3-10,12H,11H2,1-2H3,(H,21,23)(H,22,25)/t12-/m1/s1. The van der Waals surface area contributed by atoms with Crippen molar-refractivity contribution in [3.05, 3.63) is 59.9 Å². The SMILES string of the molecule is CC(=O)Nc1ccc(NC(=O)[C@@H](C)OC(=O)Cc2cccc(F)c2)cc1. The van der Waals surface area contributed by atoms with Gasteiger partial charge in [-0.25, -0.2) is 4.39 Å². The van der Waals surface area contributed by atoms with Crippen LogP contribution in [0.5, 0.6) is 0 Å². The van der Waals surface area contributed by atoms with E-state index in [1.807, 2.05) is 0 Å². The molecule has 0 heterocycles. The normalized spacial score (nSPS) is 11.3. The summed E-state index contributed by atoms with van der Waals surface area (Å²) in [6.45, 7) is 2.85. The molecule has 0 saturated carbocycles. The summed E-state index contributed by atoms with van der Waals surface area (Å²) in [6.07, 6.45) is -1.13. The molecule has 1 atom stereocenters. The minimum absolute atomic E-state index is 0.124. The van der Waals surface area contributed by atoms with Crippen LogP contribution >= 0.6 is 0 Å². The van der Waals surface area contributed by atoms with E-state index in [9.17, 15) is 18.8 Å². The van der Waals surface area contributed by atoms with Gasteiger partial charge in [-0.2, -0.15) is 0 Å². The molecule has 0 spiro atoms. The smallest absolute Gasteiger partial charge is 0.311 e. The van der Waals surface area contributed by atoms with E-state index in [2.05, 4.69) is 10.6 Å². The Morgan fingerprint density at radius 2 is 1.65 bits per heavy atom. The first kappa shape index (κ1) is 19.1. The number of carbonyl (C=O) groups is 3. The Hall–Kier alpha value is -3.22. The van der Waals surface area contributed by atoms with Gasteiger partial charge in [-0.3, -0.25) is 14.4 Å². The molecule has 0 unspecified atom stereocenters. The van der Waals surface area contributed by atoms with Crippen molar-refractivity contribution in [2.45, 2.75) is 26.4 Å². The van der Waals surface area contributed by atoms with E-state index in [1.165, 1.54) is 32.0 Å². The van der Waals surface area contributed by atoms with Gasteiger partial charge in [-0.1, -0.05) is 12.1 Å². The van der Waals surface area contributed by atoms with Crippen LogP contribution in [0.15, 0.2) is 48.5 Å². The van der Waals surface area contributed by atoms with Gasteiger partial charge in [0, 0.05) is 18.3 Å². The Bertz CT molecular complexity index is 805. The first-order valence-corrected chi connectivity index (χ1v) is 7.96. The summed E-state index contributed by atoms with van der Waals surface area (Å²) in [5.41, 5.74) is 1.57. The van der Waals surface area contributed by atoms with Crippen LogP contribution in [0.2, 0.25) is 0 Å². The third-order valence-electron chi connectivity index (χ3n) is 3.39. The molecule has 0 aromatic heterocycles. The number of hydrogen-bond donors (Lipinski definition) is 2. The topological polar surface area (TPSA) is 84.5 Å². The van der Waals surface area contributed by atoms with Crippen molar-refractivity contribution in [1.29, 1.82) is 0 Å². The summed E-state index contributed by atoms with van der Waals surface area (Å²) < 4.78 is 18.2. The molecule has 0 radical (unpaired) electrons. The van der Waals surface area contributed by atoms with Gasteiger partial charge in [0.25, 0.3) is 5.91 Å². The Kier molecular flexibility index (Phi) is 6.43. The second-order valence-corrected chi connectivity index (χ2v) is 5.69. The number of ether oxygens (including phenoxy) is 1. The van der Waals surface area contributed by atoms with Crippen LogP contribution < -0.4 is 10.6 Å². The number of hydrogen-bond acceptors (Lipinski definition) is 4. The molecule has 0 bridgehead atoms. The van der Waals surface area contributed by atoms with Crippen molar-refractivity contribution in [2.75, 3.05) is 10.6 Å². The predicted octanol–water partition coefficient (Wildman–Crippen LogP) is 2.90. The minimum Gasteiger partial charge on any atom is -0.452 e. The zero-order valence-electron chi connectivity index (χ0n) is 14.4. The summed E-state index contributed by atoms with van der Waals surface area (Å²) in [5, 5.41) is 5.23. The zero-order valence-corrected chi connectivity index (χ0v) is 14.4. The molecule has 26 heavy (non-hydrogen) atoms. The van der Waals surface area contributed by atoms with Gasteiger partial charge in [0.05, 0.1) is 6.42 Å². The summed E-state index contributed by atoms with van der Waals surface area (Å²) >= 11 is 0. The van der Waals surface area contributed by atoms with E-state index in [0.29, 0.717) is 16.9 Å². The summed E-state index contributed by atoms with van der Waals surface area (Å²) in [5.74, 6) is -1.76. The first-order valence-electron chi connectivity index (χ1n) is 7.96.